The summed E-state index contributed by atoms with van der Waals surface area (Å²) < 4.78 is 0. The molecular weight excluding hydrogens is 398 g/mol. The van der Waals surface area contributed by atoms with Crippen LogP contribution in [0.3, 0.4) is 0 Å². The second-order valence-corrected chi connectivity index (χ2v) is 9.31. The van der Waals surface area contributed by atoms with E-state index < -0.39 is 0 Å². The van der Waals surface area contributed by atoms with E-state index >= 15 is 0 Å². The lowest BCUT2D eigenvalue weighted by molar-refractivity contribution is 0.0947. The molecule has 0 atom stereocenters. The van der Waals surface area contributed by atoms with Gasteiger partial charge < -0.3 is 15.3 Å². The van der Waals surface area contributed by atoms with E-state index in [4.69, 9.17) is 0 Å². The van der Waals surface area contributed by atoms with Gasteiger partial charge in [0.1, 0.15) is 5.69 Å². The summed E-state index contributed by atoms with van der Waals surface area (Å²) in [6.07, 6.45) is 21.5. The third-order valence-corrected chi connectivity index (χ3v) is 6.09. The smallest absolute Gasteiger partial charge is 0.269 e. The lowest BCUT2D eigenvalue weighted by atomic mass is 10.0. The summed E-state index contributed by atoms with van der Waals surface area (Å²) in [7, 11) is 3.82. The van der Waals surface area contributed by atoms with Crippen LogP contribution in [0.1, 0.15) is 126 Å². The first-order chi connectivity index (χ1) is 15.6. The molecular formula is C27H49N3O2. The van der Waals surface area contributed by atoms with Crippen molar-refractivity contribution in [2.75, 3.05) is 25.5 Å². The predicted molar refractivity (Wildman–Crippen MR) is 136 cm³/mol. The highest BCUT2D eigenvalue weighted by Gasteiger charge is 2.11. The minimum atomic E-state index is -0.166. The molecule has 0 aromatic carbocycles. The van der Waals surface area contributed by atoms with Crippen LogP contribution >= 0.6 is 0 Å². The number of anilines is 1. The van der Waals surface area contributed by atoms with Crippen LogP contribution in [0.15, 0.2) is 12.1 Å². The van der Waals surface area contributed by atoms with E-state index in [2.05, 4.69) is 17.2 Å². The topological polar surface area (TPSA) is 65.5 Å². The zero-order valence-electron chi connectivity index (χ0n) is 21.1. The van der Waals surface area contributed by atoms with E-state index in [0.29, 0.717) is 17.9 Å². The minimum Gasteiger partial charge on any atom is -0.390 e. The molecule has 0 aliphatic rings. The Bertz CT molecular complexity index is 605. The largest absolute Gasteiger partial charge is 0.390 e. The molecule has 0 saturated heterocycles. The standard InChI is InChI=1S/C27H49N3O2/c1-4-5-6-7-8-9-10-11-12-13-14-15-16-17-18-19-20-28-27(32)26-22-25(30(2)3)21-24(23-31)29-26/h21-22,31H,4-20,23H2,1-3H3,(H,28,32). The van der Waals surface area contributed by atoms with Gasteiger partial charge in [-0.1, -0.05) is 103 Å². The SMILES string of the molecule is CCCCCCCCCCCCCCCCCCNC(=O)c1cc(N(C)C)cc(CO)n1. The molecule has 0 unspecified atom stereocenters. The van der Waals surface area contributed by atoms with Crippen molar-refractivity contribution in [1.29, 1.82) is 0 Å². The first-order valence-corrected chi connectivity index (χ1v) is 13.2. The van der Waals surface area contributed by atoms with Gasteiger partial charge in [0, 0.05) is 26.3 Å². The van der Waals surface area contributed by atoms with Crippen LogP contribution in [0.4, 0.5) is 5.69 Å². The van der Waals surface area contributed by atoms with Crippen LogP contribution in [0.2, 0.25) is 0 Å². The molecule has 1 heterocycles. The van der Waals surface area contributed by atoms with Crippen LogP contribution in [0, 0.1) is 0 Å². The van der Waals surface area contributed by atoms with Crippen LogP contribution in [0.25, 0.3) is 0 Å². The van der Waals surface area contributed by atoms with E-state index in [9.17, 15) is 9.90 Å². The number of aliphatic hydroxyl groups excluding tert-OH is 1. The van der Waals surface area contributed by atoms with Gasteiger partial charge >= 0.3 is 0 Å². The zero-order chi connectivity index (χ0) is 23.4. The van der Waals surface area contributed by atoms with Gasteiger partial charge in [0.25, 0.3) is 5.91 Å². The lowest BCUT2D eigenvalue weighted by Gasteiger charge is -2.15. The minimum absolute atomic E-state index is 0.163. The quantitative estimate of drug-likeness (QED) is 0.220. The Morgan fingerprint density at radius 2 is 1.28 bits per heavy atom. The van der Waals surface area contributed by atoms with E-state index in [-0.39, 0.29) is 12.5 Å². The molecule has 0 bridgehead atoms. The molecule has 5 heteroatoms. The molecule has 1 rings (SSSR count). The van der Waals surface area contributed by atoms with Gasteiger partial charge in [-0.2, -0.15) is 0 Å². The van der Waals surface area contributed by atoms with Gasteiger partial charge in [0.15, 0.2) is 0 Å². The predicted octanol–water partition coefficient (Wildman–Crippen LogP) is 6.63. The number of hydrogen-bond acceptors (Lipinski definition) is 4. The summed E-state index contributed by atoms with van der Waals surface area (Å²) >= 11 is 0. The molecule has 0 aliphatic carbocycles. The van der Waals surface area contributed by atoms with Crippen molar-refractivity contribution >= 4 is 11.6 Å². The molecule has 184 valence electrons. The molecule has 5 nitrogen and oxygen atoms in total. The molecule has 1 aromatic rings. The van der Waals surface area contributed by atoms with Gasteiger partial charge in [-0.05, 0) is 18.6 Å². The van der Waals surface area contributed by atoms with Crippen LogP contribution in [-0.2, 0) is 6.61 Å². The zero-order valence-corrected chi connectivity index (χ0v) is 21.1. The van der Waals surface area contributed by atoms with Gasteiger partial charge in [-0.25, -0.2) is 4.98 Å². The summed E-state index contributed by atoms with van der Waals surface area (Å²) in [6.45, 7) is 2.79. The fourth-order valence-corrected chi connectivity index (χ4v) is 3.99. The highest BCUT2D eigenvalue weighted by Crippen LogP contribution is 2.15. The number of aromatic nitrogens is 1. The molecule has 0 radical (unpaired) electrons. The number of amides is 1. The van der Waals surface area contributed by atoms with E-state index in [1.54, 1.807) is 12.1 Å². The number of pyridine rings is 1. The van der Waals surface area contributed by atoms with Crippen LogP contribution < -0.4 is 10.2 Å². The van der Waals surface area contributed by atoms with E-state index in [1.807, 2.05) is 19.0 Å². The van der Waals surface area contributed by atoms with Gasteiger partial charge in [-0.3, -0.25) is 4.79 Å². The molecule has 1 aromatic heterocycles. The maximum absolute atomic E-state index is 12.4. The van der Waals surface area contributed by atoms with Crippen molar-refractivity contribution in [3.8, 4) is 0 Å². The molecule has 0 saturated carbocycles. The molecule has 0 aliphatic heterocycles. The Morgan fingerprint density at radius 3 is 1.72 bits per heavy atom. The lowest BCUT2D eigenvalue weighted by Crippen LogP contribution is -2.26. The van der Waals surface area contributed by atoms with Crippen molar-refractivity contribution in [3.63, 3.8) is 0 Å². The number of hydrogen-bond donors (Lipinski definition) is 2. The monoisotopic (exact) mass is 447 g/mol. The first kappa shape index (κ1) is 28.4. The van der Waals surface area contributed by atoms with Gasteiger partial charge in [-0.15, -0.1) is 0 Å². The highest BCUT2D eigenvalue weighted by molar-refractivity contribution is 5.93. The summed E-state index contributed by atoms with van der Waals surface area (Å²) in [6, 6.07) is 3.56. The van der Waals surface area contributed by atoms with Crippen LogP contribution in [0.5, 0.6) is 0 Å². The molecule has 0 fully saturated rings. The summed E-state index contributed by atoms with van der Waals surface area (Å²) in [5.74, 6) is -0.163. The van der Waals surface area contributed by atoms with Crippen molar-refractivity contribution in [2.45, 2.75) is 116 Å². The van der Waals surface area contributed by atoms with Crippen molar-refractivity contribution in [2.24, 2.45) is 0 Å². The van der Waals surface area contributed by atoms with Crippen LogP contribution in [-0.4, -0.2) is 36.6 Å². The van der Waals surface area contributed by atoms with Crippen molar-refractivity contribution < 1.29 is 9.90 Å². The van der Waals surface area contributed by atoms with Crippen molar-refractivity contribution in [1.82, 2.24) is 10.3 Å². The maximum atomic E-state index is 12.4. The summed E-state index contributed by atoms with van der Waals surface area (Å²) in [5.41, 5.74) is 1.76. The Morgan fingerprint density at radius 1 is 0.812 bits per heavy atom. The average molecular weight is 448 g/mol. The Kier molecular flexibility index (Phi) is 16.8. The molecule has 32 heavy (non-hydrogen) atoms. The molecule has 2 N–H and O–H groups in total. The van der Waals surface area contributed by atoms with E-state index in [1.165, 1.54) is 89.9 Å². The third kappa shape index (κ3) is 13.7. The number of nitrogens with one attached hydrogen (secondary N) is 1. The third-order valence-electron chi connectivity index (χ3n) is 6.09. The number of rotatable bonds is 20. The summed E-state index contributed by atoms with van der Waals surface area (Å²) in [5, 5.41) is 12.3. The number of nitrogens with zero attached hydrogens (tertiary/aromatic N) is 2. The van der Waals surface area contributed by atoms with Gasteiger partial charge in [0.05, 0.1) is 12.3 Å². The fourth-order valence-electron chi connectivity index (χ4n) is 3.99. The molecule has 0 spiro atoms. The second kappa shape index (κ2) is 18.9. The first-order valence-electron chi connectivity index (χ1n) is 13.2. The van der Waals surface area contributed by atoms with Gasteiger partial charge in [0.2, 0.25) is 0 Å². The number of aliphatic hydroxyl groups is 1. The van der Waals surface area contributed by atoms with E-state index in [0.717, 1.165) is 18.5 Å². The maximum Gasteiger partial charge on any atom is 0.269 e. The highest BCUT2D eigenvalue weighted by atomic mass is 16.3. The number of unbranched alkanes of at least 4 members (excludes halogenated alkanes) is 15. The Labute approximate surface area is 197 Å². The summed E-state index contributed by atoms with van der Waals surface area (Å²) in [4.78, 5) is 18.5. The second-order valence-electron chi connectivity index (χ2n) is 9.31. The fraction of sp³-hybridized carbons (Fsp3) is 0.778. The Hall–Kier alpha value is -1.62. The Balaban J connectivity index is 1.97. The average Bonchev–Trinajstić information content (AvgIpc) is 2.80. The van der Waals surface area contributed by atoms with Crippen molar-refractivity contribution in [3.05, 3.63) is 23.5 Å². The number of carbonyl (C=O) groups excluding carboxylic acids is 1. The number of carbonyl (C=O) groups is 1. The normalized spacial score (nSPS) is 11.0. The molecule has 1 amide bonds.